The molecule has 114 heavy (non-hydrogen) atoms. The number of aliphatic hydroxyl groups excluding tert-OH is 2. The Morgan fingerprint density at radius 1 is 0.614 bits per heavy atom. The molecule has 0 radical (unpaired) electrons. The molecule has 2 saturated heterocycles. The Morgan fingerprint density at radius 2 is 1.21 bits per heavy atom. The highest BCUT2D eigenvalue weighted by molar-refractivity contribution is 5.99. The number of para-hydroxylation sites is 1. The summed E-state index contributed by atoms with van der Waals surface area (Å²) >= 11 is 0. The number of guanidine groups is 2. The minimum absolute atomic E-state index is 0.00425. The van der Waals surface area contributed by atoms with Gasteiger partial charge in [-0.15, -0.1) is 0 Å². The van der Waals surface area contributed by atoms with Crippen LogP contribution in [0.2, 0.25) is 0 Å². The summed E-state index contributed by atoms with van der Waals surface area (Å²) in [4.78, 5) is 182. The van der Waals surface area contributed by atoms with Crippen molar-refractivity contribution in [3.05, 3.63) is 71.9 Å². The minimum atomic E-state index is -1.71. The van der Waals surface area contributed by atoms with E-state index < -0.39 is 152 Å². The number of nitrogens with zero attached hydrogens (tertiary/aromatic N) is 3. The number of fused-ring (bicyclic) bond motifs is 2. The topological polar surface area (TPSA) is 558 Å². The molecule has 10 atom stereocenters. The van der Waals surface area contributed by atoms with Crippen LogP contribution in [0.1, 0.15) is 198 Å². The van der Waals surface area contributed by atoms with Gasteiger partial charge < -0.3 is 106 Å². The van der Waals surface area contributed by atoms with Crippen molar-refractivity contribution in [1.29, 1.82) is 0 Å². The third kappa shape index (κ3) is 36.0. The molecular weight excluding hydrogens is 1470 g/mol. The van der Waals surface area contributed by atoms with Gasteiger partial charge in [-0.1, -0.05) is 152 Å². The maximum absolute atomic E-state index is 15.2. The lowest BCUT2D eigenvalue weighted by atomic mass is 10.0. The van der Waals surface area contributed by atoms with Crippen molar-refractivity contribution in [3.8, 4) is 0 Å². The molecule has 0 unspecified atom stereocenters. The number of esters is 1. The van der Waals surface area contributed by atoms with Gasteiger partial charge in [0.2, 0.25) is 65.0 Å². The fourth-order valence-electron chi connectivity index (χ4n) is 13.5. The molecule has 0 aliphatic carbocycles. The molecule has 0 bridgehead atoms. The Bertz CT molecular complexity index is 3560. The zero-order valence-corrected chi connectivity index (χ0v) is 66.5. The Hall–Kier alpha value is -10.0. The van der Waals surface area contributed by atoms with E-state index in [0.717, 1.165) is 35.1 Å². The third-order valence-electron chi connectivity index (χ3n) is 19.9. The summed E-state index contributed by atoms with van der Waals surface area (Å²) in [5.41, 5.74) is 30.1. The first-order chi connectivity index (χ1) is 54.9. The molecule has 2 fully saturated rings. The number of carbonyl (C=O) groups excluding carboxylic acids is 12. The molecule has 35 heteroatoms. The van der Waals surface area contributed by atoms with Gasteiger partial charge in [0.1, 0.15) is 54.9 Å². The van der Waals surface area contributed by atoms with Gasteiger partial charge in [-0.05, 0) is 87.8 Å². The van der Waals surface area contributed by atoms with E-state index in [2.05, 4.69) is 75.1 Å². The van der Waals surface area contributed by atoms with Crippen molar-refractivity contribution >= 4 is 93.8 Å². The van der Waals surface area contributed by atoms with Gasteiger partial charge in [0.25, 0.3) is 0 Å². The van der Waals surface area contributed by atoms with E-state index in [9.17, 15) is 63.0 Å². The van der Waals surface area contributed by atoms with Crippen molar-refractivity contribution in [2.24, 2.45) is 38.7 Å². The number of aliphatic imine (C=N–C) groups is 2. The first-order valence-corrected chi connectivity index (χ1v) is 40.6. The molecule has 2 aromatic carbocycles. The number of nitrogens with one attached hydrogen (secondary N) is 11. The number of rotatable bonds is 46. The zero-order valence-electron chi connectivity index (χ0n) is 66.5. The van der Waals surface area contributed by atoms with Crippen molar-refractivity contribution in [2.45, 2.75) is 261 Å². The number of hydrogen-bond donors (Lipinski definition) is 18. The van der Waals surface area contributed by atoms with Crippen LogP contribution < -0.4 is 81.8 Å². The van der Waals surface area contributed by atoms with Gasteiger partial charge in [0, 0.05) is 75.5 Å². The SMILES string of the molecule is CCCCCCCCCCCCCCCC(=O)NCCOCCOC(=O)CN[C@@H](CCCN=C(N)N)C(=O)N[C@@H](CO)C(=O)N[C@@H](CCCC)C(=O)N[C@H]1CCC(=O)NCCCC[C@@H](C(N)=O)NC(=O)[C@H](Cc2c[nH]c3ccccc23)NC(=O)[C@H](CCCN=C(N)N)NC(=O)[C@@H](Cc2ccccc2)NC(=O)[C@@H]2[C@@H](O)CCN2C1=O. The van der Waals surface area contributed by atoms with E-state index >= 15 is 4.79 Å². The number of nitrogens with two attached hydrogens (primary N) is 5. The second-order valence-electron chi connectivity index (χ2n) is 29.1. The molecule has 0 saturated carbocycles. The number of carbonyl (C=O) groups is 12. The second-order valence-corrected chi connectivity index (χ2v) is 29.1. The molecule has 5 rings (SSSR count). The molecule has 35 nitrogen and oxygen atoms in total. The average Bonchev–Trinajstić information content (AvgIpc) is 1.66. The molecule has 2 aliphatic heterocycles. The van der Waals surface area contributed by atoms with Gasteiger partial charge in [0.05, 0.1) is 38.5 Å². The Kier molecular flexibility index (Phi) is 44.7. The highest BCUT2D eigenvalue weighted by Gasteiger charge is 2.45. The Balaban J connectivity index is 1.29. The molecule has 2 aliphatic rings. The molecular formula is C79H127N19O16. The average molecular weight is 1600 g/mol. The number of H-pyrrole nitrogens is 1. The number of unbranched alkanes of at least 4 members (excludes halogenated alkanes) is 13. The largest absolute Gasteiger partial charge is 0.462 e. The van der Waals surface area contributed by atoms with Crippen LogP contribution in [0, 0.1) is 0 Å². The molecule has 1 aromatic heterocycles. The summed E-state index contributed by atoms with van der Waals surface area (Å²) in [5.74, 6) is -10.1. The molecule has 3 aromatic rings. The minimum Gasteiger partial charge on any atom is -0.462 e. The Morgan fingerprint density at radius 3 is 1.89 bits per heavy atom. The lowest BCUT2D eigenvalue weighted by Crippen LogP contribution is -2.61. The van der Waals surface area contributed by atoms with Crippen LogP contribution >= 0.6 is 0 Å². The van der Waals surface area contributed by atoms with Crippen molar-refractivity contribution in [3.63, 3.8) is 0 Å². The maximum Gasteiger partial charge on any atom is 0.320 e. The van der Waals surface area contributed by atoms with Crippen LogP contribution in [0.15, 0.2) is 70.8 Å². The fraction of sp³-hybridized carbons (Fsp3) is 0.646. The van der Waals surface area contributed by atoms with E-state index in [1.807, 2.05) is 25.1 Å². The van der Waals surface area contributed by atoms with Gasteiger partial charge in [0.15, 0.2) is 11.9 Å². The number of primary amides is 1. The molecule has 634 valence electrons. The Labute approximate surface area is 668 Å². The van der Waals surface area contributed by atoms with Crippen LogP contribution in [0.5, 0.6) is 0 Å². The predicted molar refractivity (Wildman–Crippen MR) is 430 cm³/mol. The summed E-state index contributed by atoms with van der Waals surface area (Å²) in [6.45, 7) is 2.75. The number of ether oxygens (including phenoxy) is 2. The lowest BCUT2D eigenvalue weighted by Gasteiger charge is -2.32. The van der Waals surface area contributed by atoms with Crippen molar-refractivity contribution in [1.82, 2.24) is 63.1 Å². The standard InChI is InChI=1S/C79H127N19O16/c1-3-5-7-8-9-10-11-12-13-14-15-16-20-35-65(101)86-42-44-113-45-46-114-67(103)50-90-57(33-25-40-87-78(81)82)70(105)97-63(51-99)75(110)93-58(30-6-4-2)71(106)94-60-36-37-66(102)85-39-24-23-32-56(69(80)104)91-74(109)62(48-53-49-89-55-31-22-21-29-54(53)55)95-72(107)59(34-26-41-88-79(83)84)92-73(108)61(47-52-27-18-17-19-28-52)96-76(111)68-64(100)38-43-98(68)77(60)112/h17-19,21-22,27-29,31,49,56-64,68,89-90,99-100H,3-16,20,23-26,30,32-48,50-51H2,1-2H3,(H2,80,104)(H,85,102)(H,86,101)(H,91,109)(H,92,108)(H,93,110)(H,94,106)(H,95,107)(H,96,111)(H,97,105)(H4,81,82,87)(H4,83,84,88)/t56-,57-,58-,59-,60-,61+,62-,63-,64-,68-/m0/s1. The number of aromatic amines is 1. The number of aliphatic hydroxyl groups is 2. The van der Waals surface area contributed by atoms with Crippen LogP contribution in [-0.4, -0.2) is 229 Å². The summed E-state index contributed by atoms with van der Waals surface area (Å²) in [6, 6.07) is 2.42. The molecule has 11 amide bonds. The molecule has 23 N–H and O–H groups in total. The molecule has 3 heterocycles. The monoisotopic (exact) mass is 1600 g/mol. The van der Waals surface area contributed by atoms with Crippen LogP contribution in [-0.2, 0) is 79.8 Å². The normalized spacial score (nSPS) is 19.7. The number of hydrogen-bond acceptors (Lipinski definition) is 19. The summed E-state index contributed by atoms with van der Waals surface area (Å²) in [7, 11) is 0. The number of aromatic nitrogens is 1. The van der Waals surface area contributed by atoms with Gasteiger partial charge in [-0.3, -0.25) is 72.8 Å². The van der Waals surface area contributed by atoms with E-state index in [4.69, 9.17) is 38.1 Å². The third-order valence-corrected chi connectivity index (χ3v) is 19.9. The summed E-state index contributed by atoms with van der Waals surface area (Å²) in [6.07, 6.45) is 16.4. The second kappa shape index (κ2) is 53.9. The highest BCUT2D eigenvalue weighted by Crippen LogP contribution is 2.24. The quantitative estimate of drug-likeness (QED) is 0.0156. The van der Waals surface area contributed by atoms with Crippen molar-refractivity contribution < 1.29 is 77.2 Å². The summed E-state index contributed by atoms with van der Waals surface area (Å²) < 4.78 is 10.9. The molecule has 0 spiro atoms. The van der Waals surface area contributed by atoms with Gasteiger partial charge >= 0.3 is 5.97 Å². The van der Waals surface area contributed by atoms with Crippen LogP contribution in [0.25, 0.3) is 10.9 Å². The first-order valence-electron chi connectivity index (χ1n) is 40.6. The summed E-state index contributed by atoms with van der Waals surface area (Å²) in [5, 5.41) is 50.1. The smallest absolute Gasteiger partial charge is 0.320 e. The van der Waals surface area contributed by atoms with E-state index in [1.165, 1.54) is 64.2 Å². The predicted octanol–water partition coefficient (Wildman–Crippen LogP) is 0.279. The number of amides is 11. The zero-order chi connectivity index (χ0) is 83.0. The van der Waals surface area contributed by atoms with Gasteiger partial charge in [-0.25, -0.2) is 0 Å². The van der Waals surface area contributed by atoms with E-state index in [-0.39, 0.29) is 141 Å². The maximum atomic E-state index is 15.2. The van der Waals surface area contributed by atoms with Gasteiger partial charge in [-0.2, -0.15) is 0 Å². The highest BCUT2D eigenvalue weighted by atomic mass is 16.6. The van der Waals surface area contributed by atoms with Crippen LogP contribution in [0.4, 0.5) is 0 Å². The fourth-order valence-corrected chi connectivity index (χ4v) is 13.5. The van der Waals surface area contributed by atoms with E-state index in [1.54, 1.807) is 42.6 Å². The van der Waals surface area contributed by atoms with Crippen molar-refractivity contribution in [2.75, 3.05) is 65.7 Å². The lowest BCUT2D eigenvalue weighted by molar-refractivity contribution is -0.145. The first kappa shape index (κ1) is 94.6. The van der Waals surface area contributed by atoms with Crippen LogP contribution in [0.3, 0.4) is 0 Å². The number of benzene rings is 2. The van der Waals surface area contributed by atoms with E-state index in [0.29, 0.717) is 30.4 Å².